The summed E-state index contributed by atoms with van der Waals surface area (Å²) in [6, 6.07) is 19.0. The number of nitrogens with one attached hydrogen (secondary N) is 2. The highest BCUT2D eigenvalue weighted by molar-refractivity contribution is 6.32. The molecule has 0 radical (unpaired) electrons. The molecule has 1 amide bonds. The van der Waals surface area contributed by atoms with E-state index in [-0.39, 0.29) is 12.4 Å². The summed E-state index contributed by atoms with van der Waals surface area (Å²) in [4.78, 5) is 20.4. The van der Waals surface area contributed by atoms with Crippen LogP contribution in [0, 0.1) is 17.7 Å². The SMILES string of the molecule is CC(C)(C)OC(=O)NCc1cccc(C#Cc2cncnc2Nc2ccc(OCc3cccc(F)c3)c(Cl)c2)c1. The Labute approximate surface area is 237 Å². The second-order valence-electron chi connectivity index (χ2n) is 9.78. The van der Waals surface area contributed by atoms with Crippen LogP contribution in [0.4, 0.5) is 20.7 Å². The third kappa shape index (κ3) is 8.72. The molecule has 0 saturated carbocycles. The van der Waals surface area contributed by atoms with Gasteiger partial charge in [-0.3, -0.25) is 0 Å². The van der Waals surface area contributed by atoms with E-state index < -0.39 is 11.7 Å². The standard InChI is InChI=1S/C31H28ClFN4O3/c1-31(2,3)40-30(38)35-17-22-7-4-6-21(14-22)10-11-24-18-34-20-36-29(24)37-26-12-13-28(27(32)16-26)39-19-23-8-5-9-25(33)15-23/h4-9,12-16,18,20H,17,19H2,1-3H3,(H,35,38)(H,34,36,37). The maximum atomic E-state index is 13.4. The van der Waals surface area contributed by atoms with E-state index >= 15 is 0 Å². The number of carbonyl (C=O) groups is 1. The minimum absolute atomic E-state index is 0.189. The maximum absolute atomic E-state index is 13.4. The molecule has 2 N–H and O–H groups in total. The molecule has 0 saturated heterocycles. The van der Waals surface area contributed by atoms with E-state index in [1.165, 1.54) is 18.5 Å². The van der Waals surface area contributed by atoms with Crippen molar-refractivity contribution < 1.29 is 18.7 Å². The third-order valence-corrected chi connectivity index (χ3v) is 5.59. The minimum atomic E-state index is -0.563. The number of carbonyl (C=O) groups excluding carboxylic acids is 1. The van der Waals surface area contributed by atoms with Gasteiger partial charge in [-0.1, -0.05) is 47.7 Å². The van der Waals surface area contributed by atoms with Gasteiger partial charge in [-0.25, -0.2) is 19.2 Å². The predicted molar refractivity (Wildman–Crippen MR) is 153 cm³/mol. The van der Waals surface area contributed by atoms with Crippen molar-refractivity contribution in [3.63, 3.8) is 0 Å². The van der Waals surface area contributed by atoms with E-state index in [9.17, 15) is 9.18 Å². The van der Waals surface area contributed by atoms with Crippen molar-refractivity contribution in [3.05, 3.63) is 112 Å². The number of aromatic nitrogens is 2. The Hall–Kier alpha value is -4.61. The lowest BCUT2D eigenvalue weighted by molar-refractivity contribution is 0.0523. The molecule has 0 bridgehead atoms. The van der Waals surface area contributed by atoms with Crippen molar-refractivity contribution in [3.8, 4) is 17.6 Å². The highest BCUT2D eigenvalue weighted by atomic mass is 35.5. The van der Waals surface area contributed by atoms with Gasteiger partial charge in [0.2, 0.25) is 0 Å². The van der Waals surface area contributed by atoms with Gasteiger partial charge in [-0.2, -0.15) is 0 Å². The van der Waals surface area contributed by atoms with Crippen LogP contribution in [0.3, 0.4) is 0 Å². The predicted octanol–water partition coefficient (Wildman–Crippen LogP) is 7.02. The fourth-order valence-corrected chi connectivity index (χ4v) is 3.76. The fraction of sp³-hybridized carbons (Fsp3) is 0.194. The Kier molecular flexibility index (Phi) is 9.20. The van der Waals surface area contributed by atoms with Crippen LogP contribution in [0.2, 0.25) is 5.02 Å². The number of rotatable bonds is 7. The number of nitrogens with zero attached hydrogens (tertiary/aromatic N) is 2. The van der Waals surface area contributed by atoms with Crippen molar-refractivity contribution in [1.82, 2.24) is 15.3 Å². The fourth-order valence-electron chi connectivity index (χ4n) is 3.53. The molecule has 7 nitrogen and oxygen atoms in total. The zero-order chi connectivity index (χ0) is 28.5. The first-order chi connectivity index (χ1) is 19.1. The van der Waals surface area contributed by atoms with Crippen LogP contribution >= 0.6 is 11.6 Å². The van der Waals surface area contributed by atoms with Crippen LogP contribution < -0.4 is 15.4 Å². The molecule has 0 aliphatic heterocycles. The average molecular weight is 559 g/mol. The molecule has 4 rings (SSSR count). The number of anilines is 2. The molecule has 0 aliphatic carbocycles. The summed E-state index contributed by atoms with van der Waals surface area (Å²) in [6.07, 6.45) is 2.57. The monoisotopic (exact) mass is 558 g/mol. The first-order valence-corrected chi connectivity index (χ1v) is 12.8. The molecule has 40 heavy (non-hydrogen) atoms. The van der Waals surface area contributed by atoms with Crippen LogP contribution in [0.25, 0.3) is 0 Å². The second-order valence-corrected chi connectivity index (χ2v) is 10.2. The smallest absolute Gasteiger partial charge is 0.407 e. The molecule has 204 valence electrons. The lowest BCUT2D eigenvalue weighted by Crippen LogP contribution is -2.32. The summed E-state index contributed by atoms with van der Waals surface area (Å²) in [5, 5.41) is 6.35. The molecule has 0 unspecified atom stereocenters. The average Bonchev–Trinajstić information content (AvgIpc) is 2.90. The number of ether oxygens (including phenoxy) is 2. The molecule has 9 heteroatoms. The first-order valence-electron chi connectivity index (χ1n) is 12.5. The van der Waals surface area contributed by atoms with Crippen molar-refractivity contribution in [2.45, 2.75) is 39.5 Å². The summed E-state index contributed by atoms with van der Waals surface area (Å²) in [6.45, 7) is 5.94. The molecule has 3 aromatic carbocycles. The van der Waals surface area contributed by atoms with Gasteiger partial charge in [0, 0.05) is 24.0 Å². The quantitative estimate of drug-likeness (QED) is 0.237. The molecule has 0 atom stereocenters. The minimum Gasteiger partial charge on any atom is -0.487 e. The number of hydrogen-bond donors (Lipinski definition) is 2. The summed E-state index contributed by atoms with van der Waals surface area (Å²) in [5.41, 5.74) is 3.05. The van der Waals surface area contributed by atoms with Crippen molar-refractivity contribution in [2.75, 3.05) is 5.32 Å². The lowest BCUT2D eigenvalue weighted by Gasteiger charge is -2.19. The van der Waals surface area contributed by atoms with E-state index in [2.05, 4.69) is 32.4 Å². The molecule has 4 aromatic rings. The van der Waals surface area contributed by atoms with Gasteiger partial charge in [-0.05, 0) is 74.4 Å². The molecule has 1 aromatic heterocycles. The molecular formula is C31H28ClFN4O3. The third-order valence-electron chi connectivity index (χ3n) is 5.29. The maximum Gasteiger partial charge on any atom is 0.407 e. The van der Waals surface area contributed by atoms with E-state index in [1.54, 1.807) is 36.5 Å². The van der Waals surface area contributed by atoms with Gasteiger partial charge in [0.1, 0.15) is 35.9 Å². The molecular weight excluding hydrogens is 531 g/mol. The number of amides is 1. The number of halogens is 2. The van der Waals surface area contributed by atoms with E-state index in [0.29, 0.717) is 39.9 Å². The Bertz CT molecular complexity index is 1560. The Morgan fingerprint density at radius 1 is 1.02 bits per heavy atom. The van der Waals surface area contributed by atoms with E-state index in [1.807, 2.05) is 45.0 Å². The molecule has 0 fully saturated rings. The van der Waals surface area contributed by atoms with Gasteiger partial charge in [0.05, 0.1) is 10.6 Å². The highest BCUT2D eigenvalue weighted by Crippen LogP contribution is 2.30. The van der Waals surface area contributed by atoms with Crippen molar-refractivity contribution >= 4 is 29.2 Å². The summed E-state index contributed by atoms with van der Waals surface area (Å²) >= 11 is 6.43. The van der Waals surface area contributed by atoms with Crippen LogP contribution in [0.5, 0.6) is 5.75 Å². The zero-order valence-electron chi connectivity index (χ0n) is 22.3. The van der Waals surface area contributed by atoms with Crippen LogP contribution in [-0.4, -0.2) is 21.7 Å². The highest BCUT2D eigenvalue weighted by Gasteiger charge is 2.15. The van der Waals surface area contributed by atoms with Gasteiger partial charge in [0.25, 0.3) is 0 Å². The van der Waals surface area contributed by atoms with Crippen LogP contribution in [0.15, 0.2) is 79.3 Å². The summed E-state index contributed by atoms with van der Waals surface area (Å²) in [7, 11) is 0. The molecule has 1 heterocycles. The number of benzene rings is 3. The Morgan fingerprint density at radius 3 is 2.60 bits per heavy atom. The molecule has 0 spiro atoms. The van der Waals surface area contributed by atoms with Gasteiger partial charge in [0.15, 0.2) is 0 Å². The second kappa shape index (κ2) is 13.0. The van der Waals surface area contributed by atoms with Gasteiger partial charge in [-0.15, -0.1) is 0 Å². The largest absolute Gasteiger partial charge is 0.487 e. The molecule has 0 aliphatic rings. The van der Waals surface area contributed by atoms with E-state index in [0.717, 1.165) is 11.1 Å². The first kappa shape index (κ1) is 28.4. The zero-order valence-corrected chi connectivity index (χ0v) is 23.1. The summed E-state index contributed by atoms with van der Waals surface area (Å²) < 4.78 is 24.4. The topological polar surface area (TPSA) is 85.4 Å². The Balaban J connectivity index is 1.41. The van der Waals surface area contributed by atoms with E-state index in [4.69, 9.17) is 21.1 Å². The number of hydrogen-bond acceptors (Lipinski definition) is 6. The Morgan fingerprint density at radius 2 is 1.82 bits per heavy atom. The summed E-state index contributed by atoms with van der Waals surface area (Å²) in [5.74, 6) is 6.89. The van der Waals surface area contributed by atoms with Crippen molar-refractivity contribution in [2.24, 2.45) is 0 Å². The lowest BCUT2D eigenvalue weighted by atomic mass is 10.1. The van der Waals surface area contributed by atoms with Crippen LogP contribution in [0.1, 0.15) is 43.0 Å². The number of alkyl carbamates (subject to hydrolysis) is 1. The van der Waals surface area contributed by atoms with Gasteiger partial charge < -0.3 is 20.1 Å². The van der Waals surface area contributed by atoms with Crippen LogP contribution in [-0.2, 0) is 17.9 Å². The normalized spacial score (nSPS) is 10.7. The van der Waals surface area contributed by atoms with Crippen molar-refractivity contribution in [1.29, 1.82) is 0 Å². The van der Waals surface area contributed by atoms with Gasteiger partial charge >= 0.3 is 6.09 Å².